The van der Waals surface area contributed by atoms with E-state index >= 15 is 0 Å². The number of likely N-dealkylation sites (N-methyl/N-ethyl adjacent to an activating group) is 1. The third kappa shape index (κ3) is 10.9. The van der Waals surface area contributed by atoms with Gasteiger partial charge in [0.2, 0.25) is 0 Å². The number of nitrogens with zero attached hydrogens (tertiary/aromatic N) is 4. The maximum absolute atomic E-state index is 8.39. The Hall–Kier alpha value is -1.07. The van der Waals surface area contributed by atoms with Crippen LogP contribution in [0.4, 0.5) is 0 Å². The van der Waals surface area contributed by atoms with Crippen LogP contribution >= 0.6 is 0 Å². The molecule has 0 saturated heterocycles. The van der Waals surface area contributed by atoms with Crippen molar-refractivity contribution >= 4 is 0 Å². The summed E-state index contributed by atoms with van der Waals surface area (Å²) in [4.78, 5) is 0. The van der Waals surface area contributed by atoms with Gasteiger partial charge in [-0.3, -0.25) is 0 Å². The van der Waals surface area contributed by atoms with E-state index in [2.05, 4.69) is 36.6 Å². The predicted octanol–water partition coefficient (Wildman–Crippen LogP) is -0.444. The maximum atomic E-state index is 8.39. The van der Waals surface area contributed by atoms with Gasteiger partial charge >= 0.3 is 0 Å². The Morgan fingerprint density at radius 3 is 1.77 bits per heavy atom. The SMILES string of the molecule is C[N+](C)(C)CCO.c1cnnnc1. The molecule has 5 nitrogen and oxygen atoms in total. The van der Waals surface area contributed by atoms with E-state index in [1.54, 1.807) is 18.5 Å². The molecule has 0 radical (unpaired) electrons. The molecule has 1 heterocycles. The van der Waals surface area contributed by atoms with Crippen molar-refractivity contribution in [3.8, 4) is 0 Å². The van der Waals surface area contributed by atoms with E-state index in [0.717, 1.165) is 11.0 Å². The molecule has 0 fully saturated rings. The number of hydrogen-bond donors (Lipinski definition) is 1. The number of aromatic nitrogens is 3. The van der Waals surface area contributed by atoms with E-state index in [1.807, 2.05) is 0 Å². The first-order chi connectivity index (χ1) is 6.06. The fourth-order valence-corrected chi connectivity index (χ4v) is 0.505. The van der Waals surface area contributed by atoms with Crippen molar-refractivity contribution in [1.82, 2.24) is 15.4 Å². The van der Waals surface area contributed by atoms with Gasteiger partial charge in [-0.1, -0.05) is 0 Å². The Kier molecular flexibility index (Phi) is 5.92. The number of aliphatic hydroxyl groups is 1. The highest BCUT2D eigenvalue weighted by Crippen LogP contribution is 1.84. The quantitative estimate of drug-likeness (QED) is 0.634. The van der Waals surface area contributed by atoms with Gasteiger partial charge < -0.3 is 9.59 Å². The summed E-state index contributed by atoms with van der Waals surface area (Å²) in [6, 6.07) is 1.72. The second-order valence-corrected chi connectivity index (χ2v) is 3.55. The van der Waals surface area contributed by atoms with Crippen LogP contribution in [-0.2, 0) is 0 Å². The molecule has 5 heteroatoms. The fraction of sp³-hybridized carbons (Fsp3) is 0.625. The van der Waals surface area contributed by atoms with Gasteiger partial charge in [-0.2, -0.15) is 0 Å². The highest BCUT2D eigenvalue weighted by Gasteiger charge is 2.02. The van der Waals surface area contributed by atoms with Crippen molar-refractivity contribution in [2.75, 3.05) is 34.3 Å². The Morgan fingerprint density at radius 1 is 1.15 bits per heavy atom. The Labute approximate surface area is 78.6 Å². The zero-order valence-corrected chi connectivity index (χ0v) is 8.38. The van der Waals surface area contributed by atoms with Gasteiger partial charge in [-0.25, -0.2) is 0 Å². The van der Waals surface area contributed by atoms with Crippen LogP contribution < -0.4 is 0 Å². The van der Waals surface area contributed by atoms with Crippen molar-refractivity contribution in [2.24, 2.45) is 0 Å². The van der Waals surface area contributed by atoms with Gasteiger partial charge in [-0.05, 0) is 11.3 Å². The molecule has 1 N–H and O–H groups in total. The predicted molar refractivity (Wildman–Crippen MR) is 49.8 cm³/mol. The van der Waals surface area contributed by atoms with Gasteiger partial charge in [0.15, 0.2) is 0 Å². The number of hydrogen-bond acceptors (Lipinski definition) is 4. The van der Waals surface area contributed by atoms with Gasteiger partial charge in [0.25, 0.3) is 0 Å². The first-order valence-electron chi connectivity index (χ1n) is 4.06. The molecule has 0 aromatic carbocycles. The molecule has 1 aromatic rings. The van der Waals surface area contributed by atoms with E-state index in [4.69, 9.17) is 5.11 Å². The molecular formula is C8H17N4O+. The smallest absolute Gasteiger partial charge is 0.101 e. The van der Waals surface area contributed by atoms with E-state index in [1.165, 1.54) is 0 Å². The molecular weight excluding hydrogens is 168 g/mol. The lowest BCUT2D eigenvalue weighted by molar-refractivity contribution is -0.870. The lowest BCUT2D eigenvalue weighted by atomic mass is 10.5. The van der Waals surface area contributed by atoms with Gasteiger partial charge in [-0.15, -0.1) is 10.2 Å². The van der Waals surface area contributed by atoms with E-state index in [-0.39, 0.29) is 6.61 Å². The first-order valence-corrected chi connectivity index (χ1v) is 4.06. The molecule has 0 saturated carbocycles. The summed E-state index contributed by atoms with van der Waals surface area (Å²) in [5, 5.41) is 18.5. The molecule has 0 aliphatic heterocycles. The van der Waals surface area contributed by atoms with Crippen LogP contribution in [0.1, 0.15) is 0 Å². The fourth-order valence-electron chi connectivity index (χ4n) is 0.505. The van der Waals surface area contributed by atoms with Crippen LogP contribution in [0.5, 0.6) is 0 Å². The molecule has 0 amide bonds. The van der Waals surface area contributed by atoms with Crippen molar-refractivity contribution in [1.29, 1.82) is 0 Å². The summed E-state index contributed by atoms with van der Waals surface area (Å²) in [5.41, 5.74) is 0. The number of rotatable bonds is 2. The minimum absolute atomic E-state index is 0.281. The summed E-state index contributed by atoms with van der Waals surface area (Å²) in [5.74, 6) is 0. The van der Waals surface area contributed by atoms with Crippen LogP contribution in [0.2, 0.25) is 0 Å². The maximum Gasteiger partial charge on any atom is 0.101 e. The first kappa shape index (κ1) is 11.9. The lowest BCUT2D eigenvalue weighted by Gasteiger charge is -2.21. The standard InChI is InChI=1S/C5H14NO.C3H3N3/c1-6(2,3)4-5-7;1-2-4-6-5-3-1/h7H,4-5H2,1-3H3;1-3H/q+1;. The van der Waals surface area contributed by atoms with E-state index < -0.39 is 0 Å². The van der Waals surface area contributed by atoms with Crippen molar-refractivity contribution < 1.29 is 9.59 Å². The third-order valence-electron chi connectivity index (χ3n) is 1.18. The van der Waals surface area contributed by atoms with Gasteiger partial charge in [0.05, 0.1) is 40.1 Å². The van der Waals surface area contributed by atoms with E-state index in [9.17, 15) is 0 Å². The van der Waals surface area contributed by atoms with Crippen LogP contribution in [0.15, 0.2) is 18.5 Å². The Bertz CT molecular complexity index is 170. The van der Waals surface area contributed by atoms with E-state index in [0.29, 0.717) is 0 Å². The second kappa shape index (κ2) is 6.45. The molecule has 0 aliphatic carbocycles. The largest absolute Gasteiger partial charge is 0.391 e. The van der Waals surface area contributed by atoms with Crippen LogP contribution in [0.25, 0.3) is 0 Å². The van der Waals surface area contributed by atoms with Crippen molar-refractivity contribution in [2.45, 2.75) is 0 Å². The van der Waals surface area contributed by atoms with Crippen LogP contribution in [-0.4, -0.2) is 59.3 Å². The molecule has 0 spiro atoms. The summed E-state index contributed by atoms with van der Waals surface area (Å²) in [6.07, 6.45) is 3.15. The van der Waals surface area contributed by atoms with Crippen molar-refractivity contribution in [3.05, 3.63) is 18.5 Å². The van der Waals surface area contributed by atoms with Crippen LogP contribution in [0.3, 0.4) is 0 Å². The minimum Gasteiger partial charge on any atom is -0.391 e. The summed E-state index contributed by atoms with van der Waals surface area (Å²) < 4.78 is 0.844. The summed E-state index contributed by atoms with van der Waals surface area (Å²) in [7, 11) is 6.16. The molecule has 13 heavy (non-hydrogen) atoms. The zero-order valence-electron chi connectivity index (χ0n) is 8.38. The van der Waals surface area contributed by atoms with Crippen molar-refractivity contribution in [3.63, 3.8) is 0 Å². The molecule has 0 bridgehead atoms. The Morgan fingerprint density at radius 2 is 1.69 bits per heavy atom. The molecule has 0 aliphatic rings. The summed E-state index contributed by atoms with van der Waals surface area (Å²) >= 11 is 0. The minimum atomic E-state index is 0.281. The lowest BCUT2D eigenvalue weighted by Crippen LogP contribution is -2.36. The number of quaternary nitrogens is 1. The molecule has 74 valence electrons. The number of aliphatic hydroxyl groups excluding tert-OH is 1. The Balaban J connectivity index is 0.000000223. The molecule has 1 aromatic heterocycles. The highest BCUT2D eigenvalue weighted by molar-refractivity contribution is 4.69. The summed E-state index contributed by atoms with van der Waals surface area (Å²) in [6.45, 7) is 1.11. The zero-order chi connectivity index (χ0) is 10.2. The van der Waals surface area contributed by atoms with Gasteiger partial charge in [0.1, 0.15) is 6.54 Å². The monoisotopic (exact) mass is 185 g/mol. The van der Waals surface area contributed by atoms with Gasteiger partial charge in [0, 0.05) is 0 Å². The van der Waals surface area contributed by atoms with Crippen LogP contribution in [0, 0.1) is 0 Å². The molecule has 0 unspecified atom stereocenters. The average Bonchev–Trinajstić information content (AvgIpc) is 2.06. The normalized spacial score (nSPS) is 10.2. The third-order valence-corrected chi connectivity index (χ3v) is 1.18. The highest BCUT2D eigenvalue weighted by atomic mass is 16.3. The second-order valence-electron chi connectivity index (χ2n) is 3.55. The molecule has 0 atom stereocenters. The topological polar surface area (TPSA) is 58.9 Å². The average molecular weight is 185 g/mol. The molecule has 1 rings (SSSR count).